The molecular formula is C26H37N3O. The highest BCUT2D eigenvalue weighted by atomic mass is 16.2. The van der Waals surface area contributed by atoms with Crippen molar-refractivity contribution in [3.8, 4) is 0 Å². The average molecular weight is 408 g/mol. The second kappa shape index (κ2) is 10.2. The van der Waals surface area contributed by atoms with Crippen molar-refractivity contribution in [3.05, 3.63) is 66.0 Å². The molecule has 0 bridgehead atoms. The van der Waals surface area contributed by atoms with Gasteiger partial charge in [0.1, 0.15) is 0 Å². The van der Waals surface area contributed by atoms with Crippen LogP contribution in [0.4, 0.5) is 0 Å². The normalized spacial score (nSPS) is 18.0. The van der Waals surface area contributed by atoms with Gasteiger partial charge in [-0.2, -0.15) is 0 Å². The number of hydrogen-bond acceptors (Lipinski definition) is 3. The SMILES string of the molecule is C[C@@H](CCN1CCC([C@@H](NC(=O)C(C)(C)C)c2ccccn2)CC1)c1ccccc1. The molecule has 1 aromatic carbocycles. The monoisotopic (exact) mass is 407 g/mol. The molecular weight excluding hydrogens is 370 g/mol. The van der Waals surface area contributed by atoms with E-state index in [4.69, 9.17) is 0 Å². The van der Waals surface area contributed by atoms with E-state index in [0.29, 0.717) is 11.8 Å². The van der Waals surface area contributed by atoms with Gasteiger partial charge >= 0.3 is 0 Å². The van der Waals surface area contributed by atoms with E-state index in [2.05, 4.69) is 52.5 Å². The highest BCUT2D eigenvalue weighted by molar-refractivity contribution is 5.81. The average Bonchev–Trinajstić information content (AvgIpc) is 2.76. The van der Waals surface area contributed by atoms with Gasteiger partial charge in [-0.1, -0.05) is 64.1 Å². The highest BCUT2D eigenvalue weighted by Crippen LogP contribution is 2.31. The molecule has 1 fully saturated rings. The Labute approximate surface area is 182 Å². The van der Waals surface area contributed by atoms with Gasteiger partial charge in [-0.25, -0.2) is 0 Å². The maximum atomic E-state index is 12.7. The molecule has 2 heterocycles. The van der Waals surface area contributed by atoms with Crippen LogP contribution < -0.4 is 5.32 Å². The first kappa shape index (κ1) is 22.5. The number of benzene rings is 1. The Hall–Kier alpha value is -2.20. The van der Waals surface area contributed by atoms with Crippen LogP contribution in [0.5, 0.6) is 0 Å². The topological polar surface area (TPSA) is 45.2 Å². The fraction of sp³-hybridized carbons (Fsp3) is 0.538. The summed E-state index contributed by atoms with van der Waals surface area (Å²) in [6.45, 7) is 11.5. The third-order valence-electron chi connectivity index (χ3n) is 6.32. The predicted molar refractivity (Wildman–Crippen MR) is 123 cm³/mol. The summed E-state index contributed by atoms with van der Waals surface area (Å²) in [7, 11) is 0. The molecule has 2 atom stereocenters. The van der Waals surface area contributed by atoms with Gasteiger partial charge in [0.25, 0.3) is 0 Å². The van der Waals surface area contributed by atoms with E-state index >= 15 is 0 Å². The van der Waals surface area contributed by atoms with Crippen molar-refractivity contribution in [2.24, 2.45) is 11.3 Å². The van der Waals surface area contributed by atoms with Crippen LogP contribution in [-0.2, 0) is 4.79 Å². The summed E-state index contributed by atoms with van der Waals surface area (Å²) >= 11 is 0. The minimum Gasteiger partial charge on any atom is -0.347 e. The van der Waals surface area contributed by atoms with Gasteiger partial charge in [-0.3, -0.25) is 9.78 Å². The van der Waals surface area contributed by atoms with Gasteiger partial charge in [-0.15, -0.1) is 0 Å². The molecule has 0 saturated carbocycles. The first-order chi connectivity index (χ1) is 14.3. The van der Waals surface area contributed by atoms with Crippen molar-refractivity contribution < 1.29 is 4.79 Å². The molecule has 1 aliphatic heterocycles. The molecule has 1 saturated heterocycles. The van der Waals surface area contributed by atoms with Crippen LogP contribution in [0, 0.1) is 11.3 Å². The lowest BCUT2D eigenvalue weighted by Gasteiger charge is -2.37. The quantitative estimate of drug-likeness (QED) is 0.687. The number of piperidine rings is 1. The lowest BCUT2D eigenvalue weighted by molar-refractivity contribution is -0.129. The number of carbonyl (C=O) groups excluding carboxylic acids is 1. The second-order valence-corrected chi connectivity index (χ2v) is 9.74. The van der Waals surface area contributed by atoms with E-state index in [0.717, 1.165) is 38.2 Å². The van der Waals surface area contributed by atoms with Crippen molar-refractivity contribution in [1.29, 1.82) is 0 Å². The Kier molecular flexibility index (Phi) is 7.65. The molecule has 1 aliphatic rings. The third kappa shape index (κ3) is 6.15. The lowest BCUT2D eigenvalue weighted by atomic mass is 9.85. The molecule has 2 aromatic rings. The number of rotatable bonds is 7. The maximum Gasteiger partial charge on any atom is 0.225 e. The number of nitrogens with one attached hydrogen (secondary N) is 1. The summed E-state index contributed by atoms with van der Waals surface area (Å²) in [6.07, 6.45) is 5.18. The van der Waals surface area contributed by atoms with E-state index in [1.54, 1.807) is 0 Å². The zero-order chi connectivity index (χ0) is 21.6. The number of amides is 1. The van der Waals surface area contributed by atoms with Gasteiger partial charge in [0.2, 0.25) is 5.91 Å². The molecule has 30 heavy (non-hydrogen) atoms. The molecule has 4 heteroatoms. The fourth-order valence-electron chi connectivity index (χ4n) is 4.19. The van der Waals surface area contributed by atoms with Crippen molar-refractivity contribution in [3.63, 3.8) is 0 Å². The molecule has 1 N–H and O–H groups in total. The Morgan fingerprint density at radius 2 is 1.77 bits per heavy atom. The van der Waals surface area contributed by atoms with Crippen molar-refractivity contribution >= 4 is 5.91 Å². The molecule has 4 nitrogen and oxygen atoms in total. The number of aromatic nitrogens is 1. The Balaban J connectivity index is 1.57. The Bertz CT molecular complexity index is 777. The van der Waals surface area contributed by atoms with Crippen LogP contribution >= 0.6 is 0 Å². The minimum absolute atomic E-state index is 0.0108. The molecule has 0 unspecified atom stereocenters. The maximum absolute atomic E-state index is 12.7. The first-order valence-electron chi connectivity index (χ1n) is 11.3. The summed E-state index contributed by atoms with van der Waals surface area (Å²) in [5, 5.41) is 3.31. The molecule has 3 rings (SSSR count). The zero-order valence-electron chi connectivity index (χ0n) is 19.0. The summed E-state index contributed by atoms with van der Waals surface area (Å²) in [5.41, 5.74) is 2.00. The molecule has 1 aromatic heterocycles. The fourth-order valence-corrected chi connectivity index (χ4v) is 4.19. The van der Waals surface area contributed by atoms with E-state index in [9.17, 15) is 4.79 Å². The van der Waals surface area contributed by atoms with Crippen molar-refractivity contribution in [1.82, 2.24) is 15.2 Å². The van der Waals surface area contributed by atoms with Crippen LogP contribution in [0.3, 0.4) is 0 Å². The van der Waals surface area contributed by atoms with Crippen LogP contribution in [0.1, 0.15) is 70.2 Å². The zero-order valence-corrected chi connectivity index (χ0v) is 19.0. The number of likely N-dealkylation sites (tertiary alicyclic amines) is 1. The van der Waals surface area contributed by atoms with E-state index < -0.39 is 5.41 Å². The smallest absolute Gasteiger partial charge is 0.225 e. The van der Waals surface area contributed by atoms with Crippen LogP contribution in [0.25, 0.3) is 0 Å². The van der Waals surface area contributed by atoms with Crippen LogP contribution in [0.2, 0.25) is 0 Å². The summed E-state index contributed by atoms with van der Waals surface area (Å²) in [4.78, 5) is 19.9. The highest BCUT2D eigenvalue weighted by Gasteiger charge is 2.32. The van der Waals surface area contributed by atoms with Gasteiger partial charge in [-0.05, 0) is 68.4 Å². The minimum atomic E-state index is -0.401. The van der Waals surface area contributed by atoms with Crippen LogP contribution in [-0.4, -0.2) is 35.4 Å². The molecule has 162 valence electrons. The van der Waals surface area contributed by atoms with Gasteiger partial charge in [0.05, 0.1) is 11.7 Å². The molecule has 1 amide bonds. The summed E-state index contributed by atoms with van der Waals surface area (Å²) in [5.74, 6) is 1.10. The first-order valence-corrected chi connectivity index (χ1v) is 11.3. The molecule has 0 aliphatic carbocycles. The van der Waals surface area contributed by atoms with Gasteiger partial charge in [0, 0.05) is 11.6 Å². The number of pyridine rings is 1. The van der Waals surface area contributed by atoms with Gasteiger partial charge < -0.3 is 10.2 Å². The Morgan fingerprint density at radius 3 is 2.37 bits per heavy atom. The number of nitrogens with zero attached hydrogens (tertiary/aromatic N) is 2. The van der Waals surface area contributed by atoms with E-state index in [1.807, 2.05) is 45.2 Å². The summed E-state index contributed by atoms with van der Waals surface area (Å²) < 4.78 is 0. The van der Waals surface area contributed by atoms with Crippen molar-refractivity contribution in [2.45, 2.75) is 58.9 Å². The standard InChI is InChI=1S/C26H37N3O/c1-20(21-10-6-5-7-11-21)13-17-29-18-14-22(15-19-29)24(23-12-8-9-16-27-23)28-25(30)26(2,3)4/h5-12,16,20,22,24H,13-15,17-19H2,1-4H3,(H,28,30)/t20-,24+/m0/s1. The van der Waals surface area contributed by atoms with Crippen molar-refractivity contribution in [2.75, 3.05) is 19.6 Å². The second-order valence-electron chi connectivity index (χ2n) is 9.74. The third-order valence-corrected chi connectivity index (χ3v) is 6.32. The van der Waals surface area contributed by atoms with E-state index in [-0.39, 0.29) is 11.9 Å². The van der Waals surface area contributed by atoms with E-state index in [1.165, 1.54) is 12.0 Å². The Morgan fingerprint density at radius 1 is 1.10 bits per heavy atom. The molecule has 0 radical (unpaired) electrons. The predicted octanol–water partition coefficient (Wildman–Crippen LogP) is 5.19. The van der Waals surface area contributed by atoms with Gasteiger partial charge in [0.15, 0.2) is 0 Å². The molecule has 0 spiro atoms. The van der Waals surface area contributed by atoms with Crippen LogP contribution in [0.15, 0.2) is 54.7 Å². The number of hydrogen-bond donors (Lipinski definition) is 1. The largest absolute Gasteiger partial charge is 0.347 e. The lowest BCUT2D eigenvalue weighted by Crippen LogP contribution is -2.44. The number of carbonyl (C=O) groups is 1. The summed E-state index contributed by atoms with van der Waals surface area (Å²) in [6, 6.07) is 16.8.